The largest absolute Gasteiger partial charge is 0.490 e. The minimum absolute atomic E-state index is 0.0991. The van der Waals surface area contributed by atoms with Crippen LogP contribution < -0.4 is 4.74 Å². The van der Waals surface area contributed by atoms with Gasteiger partial charge in [-0.25, -0.2) is 0 Å². The second-order valence-corrected chi connectivity index (χ2v) is 11.7. The molecule has 1 heterocycles. The number of amides is 1. The topological polar surface area (TPSA) is 72.7 Å². The number of nitro groups is 1. The number of non-ortho nitro benzene ring substituents is 1. The van der Waals surface area contributed by atoms with Crippen LogP contribution in [0.5, 0.6) is 5.75 Å². The van der Waals surface area contributed by atoms with E-state index in [9.17, 15) is 14.9 Å². The number of benzene rings is 1. The molecule has 8 atom stereocenters. The summed E-state index contributed by atoms with van der Waals surface area (Å²) in [7, 11) is 2.02. The van der Waals surface area contributed by atoms with Crippen molar-refractivity contribution in [2.45, 2.75) is 77.9 Å². The molecule has 1 aliphatic heterocycles. The Bertz CT molecular complexity index is 917. The van der Waals surface area contributed by atoms with Gasteiger partial charge in [0.2, 0.25) is 5.91 Å². The number of hydrogen-bond acceptors (Lipinski definition) is 4. The Morgan fingerprint density at radius 1 is 1.12 bits per heavy atom. The quantitative estimate of drug-likeness (QED) is 0.463. The molecule has 0 spiro atoms. The number of ether oxygens (including phenoxy) is 1. The Labute approximate surface area is 190 Å². The second kappa shape index (κ2) is 7.46. The predicted molar refractivity (Wildman–Crippen MR) is 122 cm³/mol. The molecule has 1 saturated heterocycles. The molecular weight excluding hydrogens is 404 g/mol. The number of rotatable bonds is 3. The van der Waals surface area contributed by atoms with Crippen LogP contribution in [0.2, 0.25) is 0 Å². The Kier molecular flexibility index (Phi) is 5.06. The second-order valence-electron chi connectivity index (χ2n) is 11.7. The molecule has 3 saturated carbocycles. The predicted octanol–water partition coefficient (Wildman–Crippen LogP) is 5.45. The van der Waals surface area contributed by atoms with Crippen LogP contribution in [0.1, 0.15) is 65.7 Å². The summed E-state index contributed by atoms with van der Waals surface area (Å²) < 4.78 is 6.37. The smallest absolute Gasteiger partial charge is 0.269 e. The SMILES string of the molecule is CC1C[C@H]2N(C)C(=O)CC[C@]2(C)[C@H]2CC[C@]3(C)C[C@@H](Oc4ccc([N+](=O)[O-])cc4)C[C@H]3C12. The summed E-state index contributed by atoms with van der Waals surface area (Å²) in [6.45, 7) is 7.35. The number of piperidine rings is 1. The minimum Gasteiger partial charge on any atom is -0.490 e. The van der Waals surface area contributed by atoms with E-state index < -0.39 is 0 Å². The van der Waals surface area contributed by atoms with E-state index in [1.165, 1.54) is 25.0 Å². The van der Waals surface area contributed by atoms with Gasteiger partial charge in [0.1, 0.15) is 5.75 Å². The molecule has 6 heteroatoms. The maximum atomic E-state index is 12.4. The summed E-state index contributed by atoms with van der Waals surface area (Å²) in [4.78, 5) is 25.1. The molecule has 4 fully saturated rings. The monoisotopic (exact) mass is 440 g/mol. The third-order valence-electron chi connectivity index (χ3n) is 10.0. The van der Waals surface area contributed by atoms with Crippen molar-refractivity contribution < 1.29 is 14.5 Å². The van der Waals surface area contributed by atoms with E-state index in [0.717, 1.165) is 31.4 Å². The molecule has 6 nitrogen and oxygen atoms in total. The Morgan fingerprint density at radius 2 is 1.84 bits per heavy atom. The first-order valence-corrected chi connectivity index (χ1v) is 12.3. The maximum absolute atomic E-state index is 12.4. The van der Waals surface area contributed by atoms with Gasteiger partial charge in [-0.1, -0.05) is 20.8 Å². The van der Waals surface area contributed by atoms with Gasteiger partial charge >= 0.3 is 0 Å². The van der Waals surface area contributed by atoms with Crippen molar-refractivity contribution in [3.8, 4) is 5.75 Å². The zero-order valence-corrected chi connectivity index (χ0v) is 19.8. The van der Waals surface area contributed by atoms with Crippen molar-refractivity contribution in [3.05, 3.63) is 34.4 Å². The van der Waals surface area contributed by atoms with Gasteiger partial charge in [-0.15, -0.1) is 0 Å². The molecule has 3 aliphatic carbocycles. The minimum atomic E-state index is -0.371. The van der Waals surface area contributed by atoms with Gasteiger partial charge < -0.3 is 9.64 Å². The van der Waals surface area contributed by atoms with Crippen molar-refractivity contribution in [2.24, 2.45) is 34.5 Å². The number of hydrogen-bond donors (Lipinski definition) is 0. The summed E-state index contributed by atoms with van der Waals surface area (Å²) in [5, 5.41) is 10.9. The number of nitro benzene ring substituents is 1. The molecule has 1 aromatic rings. The van der Waals surface area contributed by atoms with Gasteiger partial charge in [0, 0.05) is 31.6 Å². The molecule has 0 bridgehead atoms. The van der Waals surface area contributed by atoms with E-state index in [0.29, 0.717) is 47.5 Å². The average molecular weight is 441 g/mol. The first-order chi connectivity index (χ1) is 15.1. The number of likely N-dealkylation sites (tertiary alicyclic amines) is 1. The van der Waals surface area contributed by atoms with Crippen LogP contribution in [0.15, 0.2) is 24.3 Å². The van der Waals surface area contributed by atoms with Gasteiger partial charge in [-0.3, -0.25) is 14.9 Å². The zero-order valence-electron chi connectivity index (χ0n) is 19.8. The number of fused-ring (bicyclic) bond motifs is 5. The van der Waals surface area contributed by atoms with Crippen LogP contribution in [0.25, 0.3) is 0 Å². The molecule has 0 radical (unpaired) electrons. The number of nitrogens with zero attached hydrogens (tertiary/aromatic N) is 2. The van der Waals surface area contributed by atoms with Crippen LogP contribution in [-0.4, -0.2) is 34.9 Å². The van der Waals surface area contributed by atoms with E-state index in [4.69, 9.17) is 4.74 Å². The molecule has 1 aromatic carbocycles. The zero-order chi connectivity index (χ0) is 22.8. The third-order valence-corrected chi connectivity index (χ3v) is 10.0. The van der Waals surface area contributed by atoms with Crippen LogP contribution in [0, 0.1) is 44.6 Å². The highest BCUT2D eigenvalue weighted by molar-refractivity contribution is 5.77. The highest BCUT2D eigenvalue weighted by Gasteiger charge is 2.62. The number of carbonyl (C=O) groups excluding carboxylic acids is 1. The first-order valence-electron chi connectivity index (χ1n) is 12.3. The lowest BCUT2D eigenvalue weighted by atomic mass is 9.45. The highest BCUT2D eigenvalue weighted by atomic mass is 16.6. The van der Waals surface area contributed by atoms with E-state index in [-0.39, 0.29) is 22.1 Å². The van der Waals surface area contributed by atoms with E-state index in [2.05, 4.69) is 25.7 Å². The van der Waals surface area contributed by atoms with Crippen molar-refractivity contribution in [1.82, 2.24) is 4.90 Å². The Balaban J connectivity index is 1.36. The molecule has 4 aliphatic rings. The molecule has 32 heavy (non-hydrogen) atoms. The van der Waals surface area contributed by atoms with Gasteiger partial charge in [0.15, 0.2) is 0 Å². The molecule has 5 rings (SSSR count). The molecule has 0 aromatic heterocycles. The van der Waals surface area contributed by atoms with Gasteiger partial charge in [0.05, 0.1) is 11.0 Å². The normalized spacial score (nSPS) is 43.2. The first kappa shape index (κ1) is 21.7. The molecule has 2 unspecified atom stereocenters. The van der Waals surface area contributed by atoms with Gasteiger partial charge in [-0.2, -0.15) is 0 Å². The molecule has 174 valence electrons. The summed E-state index contributed by atoms with van der Waals surface area (Å²) in [6.07, 6.45) is 7.60. The fourth-order valence-corrected chi connectivity index (χ4v) is 8.39. The van der Waals surface area contributed by atoms with Crippen molar-refractivity contribution in [1.29, 1.82) is 0 Å². The standard InChI is InChI=1S/C26H36N2O4/c1-16-13-22-26(3,12-10-23(29)27(22)4)20-9-11-25(2)15-19(14-21(25)24(16)20)32-18-7-5-17(6-8-18)28(30)31/h5-8,16,19-22,24H,9-15H2,1-4H3/t16?,19-,20-,21-,22+,24?,25+,26+/m0/s1. The van der Waals surface area contributed by atoms with Crippen LogP contribution >= 0.6 is 0 Å². The lowest BCUT2D eigenvalue weighted by molar-refractivity contribution is -0.384. The third kappa shape index (κ3) is 3.24. The highest BCUT2D eigenvalue weighted by Crippen LogP contribution is 2.66. The molecule has 1 amide bonds. The Morgan fingerprint density at radius 3 is 2.53 bits per heavy atom. The van der Waals surface area contributed by atoms with E-state index in [1.807, 2.05) is 7.05 Å². The maximum Gasteiger partial charge on any atom is 0.269 e. The summed E-state index contributed by atoms with van der Waals surface area (Å²) >= 11 is 0. The summed E-state index contributed by atoms with van der Waals surface area (Å²) in [5.41, 5.74) is 0.612. The average Bonchev–Trinajstić information content (AvgIpc) is 3.09. The fourth-order valence-electron chi connectivity index (χ4n) is 8.39. The number of carbonyl (C=O) groups is 1. The lowest BCUT2D eigenvalue weighted by Gasteiger charge is -2.63. The van der Waals surface area contributed by atoms with Gasteiger partial charge in [-0.05, 0) is 85.2 Å². The fraction of sp³-hybridized carbons (Fsp3) is 0.731. The van der Waals surface area contributed by atoms with Crippen LogP contribution in [0.4, 0.5) is 5.69 Å². The lowest BCUT2D eigenvalue weighted by Crippen LogP contribution is -2.62. The van der Waals surface area contributed by atoms with Crippen molar-refractivity contribution in [3.63, 3.8) is 0 Å². The van der Waals surface area contributed by atoms with Crippen molar-refractivity contribution >= 4 is 11.6 Å². The van der Waals surface area contributed by atoms with E-state index >= 15 is 0 Å². The summed E-state index contributed by atoms with van der Waals surface area (Å²) in [6, 6.07) is 6.89. The van der Waals surface area contributed by atoms with E-state index in [1.54, 1.807) is 12.1 Å². The Hall–Kier alpha value is -2.11. The molecular formula is C26H36N2O4. The van der Waals surface area contributed by atoms with Crippen LogP contribution in [-0.2, 0) is 4.79 Å². The summed E-state index contributed by atoms with van der Waals surface area (Å²) in [5.74, 6) is 3.64. The van der Waals surface area contributed by atoms with Crippen molar-refractivity contribution in [2.75, 3.05) is 7.05 Å². The molecule has 0 N–H and O–H groups in total. The van der Waals surface area contributed by atoms with Crippen LogP contribution in [0.3, 0.4) is 0 Å². The van der Waals surface area contributed by atoms with Gasteiger partial charge in [0.25, 0.3) is 5.69 Å².